The second-order valence-corrected chi connectivity index (χ2v) is 5.87. The van der Waals surface area contributed by atoms with Crippen LogP contribution < -0.4 is 10.1 Å². The van der Waals surface area contributed by atoms with Crippen LogP contribution in [-0.4, -0.2) is 49.4 Å². The van der Waals surface area contributed by atoms with Crippen molar-refractivity contribution in [2.24, 2.45) is 0 Å². The highest BCUT2D eigenvalue weighted by atomic mass is 35.5. The van der Waals surface area contributed by atoms with Gasteiger partial charge in [0, 0.05) is 31.5 Å². The quantitative estimate of drug-likeness (QED) is 0.765. The Labute approximate surface area is 150 Å². The number of ketones is 1. The monoisotopic (exact) mass is 354 g/mol. The van der Waals surface area contributed by atoms with Crippen LogP contribution in [0.25, 0.3) is 0 Å². The van der Waals surface area contributed by atoms with Crippen molar-refractivity contribution in [2.75, 3.05) is 26.7 Å². The highest BCUT2D eigenvalue weighted by molar-refractivity contribution is 5.98. The summed E-state index contributed by atoms with van der Waals surface area (Å²) in [4.78, 5) is 26.3. The molecule has 0 spiro atoms. The van der Waals surface area contributed by atoms with Crippen molar-refractivity contribution >= 4 is 24.1 Å². The van der Waals surface area contributed by atoms with Gasteiger partial charge in [-0.15, -0.1) is 12.4 Å². The van der Waals surface area contributed by atoms with Crippen LogP contribution in [0.4, 0.5) is 0 Å². The maximum absolute atomic E-state index is 12.3. The van der Waals surface area contributed by atoms with Gasteiger partial charge in [0.05, 0.1) is 6.61 Å². The standard InChI is InChI=1S/C18H26N2O3.ClH/c1-3-23-16-6-4-14(5-7-16)17(21)8-9-18(22)20(2)15-10-12-19-13-11-15;/h4-7,15,19H,3,8-13H2,1-2H3;1H. The van der Waals surface area contributed by atoms with E-state index in [1.54, 1.807) is 24.3 Å². The van der Waals surface area contributed by atoms with Gasteiger partial charge in [0.2, 0.25) is 5.91 Å². The third-order valence-corrected chi connectivity index (χ3v) is 4.30. The van der Waals surface area contributed by atoms with Gasteiger partial charge in [0.1, 0.15) is 5.75 Å². The van der Waals surface area contributed by atoms with E-state index in [1.807, 2.05) is 18.9 Å². The molecule has 1 N–H and O–H groups in total. The number of hydrogen-bond acceptors (Lipinski definition) is 4. The van der Waals surface area contributed by atoms with Crippen molar-refractivity contribution in [2.45, 2.75) is 38.6 Å². The third kappa shape index (κ3) is 5.80. The van der Waals surface area contributed by atoms with Crippen molar-refractivity contribution in [1.82, 2.24) is 10.2 Å². The number of halogens is 1. The SMILES string of the molecule is CCOc1ccc(C(=O)CCC(=O)N(C)C2CCNCC2)cc1.Cl. The number of carbonyl (C=O) groups is 2. The van der Waals surface area contributed by atoms with Gasteiger partial charge in [-0.2, -0.15) is 0 Å². The molecule has 134 valence electrons. The molecule has 0 saturated carbocycles. The maximum atomic E-state index is 12.3. The van der Waals surface area contributed by atoms with Crippen molar-refractivity contribution in [3.63, 3.8) is 0 Å². The first kappa shape index (κ1) is 20.5. The summed E-state index contributed by atoms with van der Waals surface area (Å²) in [6.45, 7) is 4.43. The number of nitrogens with one attached hydrogen (secondary N) is 1. The first-order chi connectivity index (χ1) is 11.1. The number of rotatable bonds is 7. The van der Waals surface area contributed by atoms with E-state index in [1.165, 1.54) is 0 Å². The van der Waals surface area contributed by atoms with E-state index in [4.69, 9.17) is 4.74 Å². The predicted octanol–water partition coefficient (Wildman–Crippen LogP) is 2.68. The molecule has 1 aromatic carbocycles. The zero-order valence-corrected chi connectivity index (χ0v) is 15.2. The summed E-state index contributed by atoms with van der Waals surface area (Å²) in [6.07, 6.45) is 2.48. The second kappa shape index (κ2) is 10.3. The van der Waals surface area contributed by atoms with Crippen LogP contribution in [0, 0.1) is 0 Å². The lowest BCUT2D eigenvalue weighted by molar-refractivity contribution is -0.132. The van der Waals surface area contributed by atoms with Crippen LogP contribution in [0.1, 0.15) is 43.0 Å². The number of hydrogen-bond donors (Lipinski definition) is 1. The molecule has 24 heavy (non-hydrogen) atoms. The Balaban J connectivity index is 0.00000288. The molecule has 1 aliphatic rings. The Morgan fingerprint density at radius 3 is 2.38 bits per heavy atom. The molecule has 1 heterocycles. The van der Waals surface area contributed by atoms with Gasteiger partial charge in [0.25, 0.3) is 0 Å². The molecule has 1 amide bonds. The number of ether oxygens (including phenoxy) is 1. The van der Waals surface area contributed by atoms with Gasteiger partial charge < -0.3 is 15.0 Å². The molecule has 0 unspecified atom stereocenters. The van der Waals surface area contributed by atoms with Crippen molar-refractivity contribution in [3.8, 4) is 5.75 Å². The molecule has 0 bridgehead atoms. The topological polar surface area (TPSA) is 58.6 Å². The minimum absolute atomic E-state index is 0. The molecule has 6 heteroatoms. The van der Waals surface area contributed by atoms with Crippen LogP contribution >= 0.6 is 12.4 Å². The summed E-state index contributed by atoms with van der Waals surface area (Å²) >= 11 is 0. The Hall–Kier alpha value is -1.59. The van der Waals surface area contributed by atoms with E-state index in [0.29, 0.717) is 18.2 Å². The fourth-order valence-corrected chi connectivity index (χ4v) is 2.84. The number of Topliss-reactive ketones (excluding diaryl/α,β-unsaturated/α-hetero) is 1. The van der Waals surface area contributed by atoms with Gasteiger partial charge >= 0.3 is 0 Å². The van der Waals surface area contributed by atoms with E-state index in [0.717, 1.165) is 31.7 Å². The van der Waals surface area contributed by atoms with E-state index in [9.17, 15) is 9.59 Å². The molecule has 5 nitrogen and oxygen atoms in total. The van der Waals surface area contributed by atoms with E-state index in [2.05, 4.69) is 5.32 Å². The van der Waals surface area contributed by atoms with Crippen LogP contribution in [0.5, 0.6) is 5.75 Å². The number of piperidine rings is 1. The smallest absolute Gasteiger partial charge is 0.223 e. The largest absolute Gasteiger partial charge is 0.494 e. The fraction of sp³-hybridized carbons (Fsp3) is 0.556. The molecule has 1 aromatic rings. The van der Waals surface area contributed by atoms with Crippen molar-refractivity contribution in [3.05, 3.63) is 29.8 Å². The molecule has 0 atom stereocenters. The lowest BCUT2D eigenvalue weighted by Crippen LogP contribution is -2.44. The Bertz CT molecular complexity index is 528. The number of nitrogens with zero attached hydrogens (tertiary/aromatic N) is 1. The lowest BCUT2D eigenvalue weighted by Gasteiger charge is -2.31. The first-order valence-corrected chi connectivity index (χ1v) is 8.34. The van der Waals surface area contributed by atoms with Crippen molar-refractivity contribution < 1.29 is 14.3 Å². The molecule has 1 fully saturated rings. The van der Waals surface area contributed by atoms with Gasteiger partial charge in [-0.05, 0) is 57.1 Å². The van der Waals surface area contributed by atoms with E-state index >= 15 is 0 Å². The molecule has 1 aliphatic heterocycles. The lowest BCUT2D eigenvalue weighted by atomic mass is 10.0. The zero-order chi connectivity index (χ0) is 16.7. The average molecular weight is 355 g/mol. The molecule has 1 saturated heterocycles. The second-order valence-electron chi connectivity index (χ2n) is 5.87. The van der Waals surface area contributed by atoms with Gasteiger partial charge in [0.15, 0.2) is 5.78 Å². The first-order valence-electron chi connectivity index (χ1n) is 8.34. The summed E-state index contributed by atoms with van der Waals surface area (Å²) in [5, 5.41) is 3.29. The summed E-state index contributed by atoms with van der Waals surface area (Å²) in [5.74, 6) is 0.807. The van der Waals surface area contributed by atoms with Gasteiger partial charge in [-0.1, -0.05) is 0 Å². The van der Waals surface area contributed by atoms with Gasteiger partial charge in [-0.25, -0.2) is 0 Å². The molecular weight excluding hydrogens is 328 g/mol. The van der Waals surface area contributed by atoms with Crippen LogP contribution in [0.2, 0.25) is 0 Å². The van der Waals surface area contributed by atoms with Gasteiger partial charge in [-0.3, -0.25) is 9.59 Å². The van der Waals surface area contributed by atoms with E-state index in [-0.39, 0.29) is 36.9 Å². The Morgan fingerprint density at radius 1 is 1.17 bits per heavy atom. The molecular formula is C18H27ClN2O3. The average Bonchev–Trinajstić information content (AvgIpc) is 2.60. The minimum Gasteiger partial charge on any atom is -0.494 e. The van der Waals surface area contributed by atoms with Crippen LogP contribution in [-0.2, 0) is 4.79 Å². The fourth-order valence-electron chi connectivity index (χ4n) is 2.84. The summed E-state index contributed by atoms with van der Waals surface area (Å²) < 4.78 is 5.36. The summed E-state index contributed by atoms with van der Waals surface area (Å²) in [5.41, 5.74) is 0.630. The Morgan fingerprint density at radius 2 is 1.79 bits per heavy atom. The number of carbonyl (C=O) groups excluding carboxylic acids is 2. The summed E-state index contributed by atoms with van der Waals surface area (Å²) in [7, 11) is 1.85. The highest BCUT2D eigenvalue weighted by Crippen LogP contribution is 2.15. The third-order valence-electron chi connectivity index (χ3n) is 4.30. The molecule has 0 aliphatic carbocycles. The Kier molecular flexibility index (Phi) is 8.79. The van der Waals surface area contributed by atoms with Crippen LogP contribution in [0.15, 0.2) is 24.3 Å². The van der Waals surface area contributed by atoms with Crippen molar-refractivity contribution in [1.29, 1.82) is 0 Å². The molecule has 0 radical (unpaired) electrons. The molecule has 0 aromatic heterocycles. The number of amides is 1. The predicted molar refractivity (Wildman–Crippen MR) is 97.1 cm³/mol. The number of benzene rings is 1. The maximum Gasteiger partial charge on any atom is 0.223 e. The summed E-state index contributed by atoms with van der Waals surface area (Å²) in [6, 6.07) is 7.39. The van der Waals surface area contributed by atoms with Crippen LogP contribution in [0.3, 0.4) is 0 Å². The normalized spacial score (nSPS) is 14.6. The molecule has 2 rings (SSSR count). The minimum atomic E-state index is 0. The zero-order valence-electron chi connectivity index (χ0n) is 14.4. The van der Waals surface area contributed by atoms with E-state index < -0.39 is 0 Å². The highest BCUT2D eigenvalue weighted by Gasteiger charge is 2.22.